The van der Waals surface area contributed by atoms with Crippen LogP contribution in [-0.2, 0) is 19.3 Å². The lowest BCUT2D eigenvalue weighted by Gasteiger charge is -2.10. The van der Waals surface area contributed by atoms with Crippen molar-refractivity contribution in [3.63, 3.8) is 0 Å². The van der Waals surface area contributed by atoms with E-state index >= 15 is 0 Å². The third kappa shape index (κ3) is 5.91. The first-order chi connectivity index (χ1) is 10.0. The van der Waals surface area contributed by atoms with Crippen LogP contribution in [0.1, 0.15) is 13.3 Å². The number of rotatable bonds is 10. The molecule has 1 rings (SSSR count). The monoisotopic (exact) mass is 317 g/mol. The van der Waals surface area contributed by atoms with Crippen LogP contribution < -0.4 is 10.5 Å². The van der Waals surface area contributed by atoms with Gasteiger partial charge in [0.1, 0.15) is 5.75 Å². The molecule has 1 aromatic rings. The van der Waals surface area contributed by atoms with E-state index in [1.807, 2.05) is 6.92 Å². The van der Waals surface area contributed by atoms with Gasteiger partial charge in [0.15, 0.2) is 9.84 Å². The van der Waals surface area contributed by atoms with Gasteiger partial charge < -0.3 is 19.9 Å². The molecule has 0 aliphatic heterocycles. The van der Waals surface area contributed by atoms with Crippen molar-refractivity contribution in [2.45, 2.75) is 18.2 Å². The molecule has 0 amide bonds. The summed E-state index contributed by atoms with van der Waals surface area (Å²) in [5, 5.41) is 0. The fraction of sp³-hybridized carbons (Fsp3) is 0.571. The maximum Gasteiger partial charge on any atom is 0.180 e. The summed E-state index contributed by atoms with van der Waals surface area (Å²) in [5.74, 6) is 0.487. The van der Waals surface area contributed by atoms with Gasteiger partial charge in [0.05, 0.1) is 36.2 Å². The average Bonchev–Trinajstić information content (AvgIpc) is 2.45. The standard InChI is InChI=1S/C14H23NO5S/c1-3-20-12-5-6-13(15)14(11-12)21(16,17)10-4-7-19-9-8-18-2/h5-6,11H,3-4,7-10,15H2,1-2H3. The molecule has 120 valence electrons. The van der Waals surface area contributed by atoms with E-state index in [1.165, 1.54) is 6.07 Å². The summed E-state index contributed by atoms with van der Waals surface area (Å²) < 4.78 is 40.0. The van der Waals surface area contributed by atoms with Crippen LogP contribution in [0.4, 0.5) is 5.69 Å². The molecule has 0 fully saturated rings. The average molecular weight is 317 g/mol. The minimum atomic E-state index is -3.44. The van der Waals surface area contributed by atoms with E-state index in [4.69, 9.17) is 19.9 Å². The van der Waals surface area contributed by atoms with E-state index in [0.717, 1.165) is 0 Å². The van der Waals surface area contributed by atoms with Crippen molar-refractivity contribution in [3.05, 3.63) is 18.2 Å². The molecule has 0 spiro atoms. The predicted molar refractivity (Wildman–Crippen MR) is 81.4 cm³/mol. The van der Waals surface area contributed by atoms with E-state index in [-0.39, 0.29) is 16.3 Å². The molecule has 0 unspecified atom stereocenters. The third-order valence-corrected chi connectivity index (χ3v) is 4.61. The molecule has 21 heavy (non-hydrogen) atoms. The molecule has 0 heterocycles. The lowest BCUT2D eigenvalue weighted by atomic mass is 10.3. The SMILES string of the molecule is CCOc1ccc(N)c(S(=O)(=O)CCCOCCOC)c1. The molecular formula is C14H23NO5S. The summed E-state index contributed by atoms with van der Waals surface area (Å²) >= 11 is 0. The molecule has 0 atom stereocenters. The van der Waals surface area contributed by atoms with E-state index in [2.05, 4.69) is 0 Å². The highest BCUT2D eigenvalue weighted by atomic mass is 32.2. The van der Waals surface area contributed by atoms with Gasteiger partial charge in [-0.2, -0.15) is 0 Å². The summed E-state index contributed by atoms with van der Waals surface area (Å²) in [6, 6.07) is 4.68. The molecule has 0 saturated carbocycles. The molecule has 6 nitrogen and oxygen atoms in total. The summed E-state index contributed by atoms with van der Waals surface area (Å²) in [5.41, 5.74) is 5.99. The molecule has 1 aromatic carbocycles. The van der Waals surface area contributed by atoms with E-state index in [0.29, 0.717) is 38.6 Å². The highest BCUT2D eigenvalue weighted by Gasteiger charge is 2.18. The van der Waals surface area contributed by atoms with Crippen LogP contribution in [0.25, 0.3) is 0 Å². The largest absolute Gasteiger partial charge is 0.494 e. The topological polar surface area (TPSA) is 87.9 Å². The zero-order chi connectivity index (χ0) is 15.7. The number of anilines is 1. The second kappa shape index (κ2) is 8.86. The van der Waals surface area contributed by atoms with Crippen molar-refractivity contribution in [1.82, 2.24) is 0 Å². The molecule has 0 radical (unpaired) electrons. The van der Waals surface area contributed by atoms with Crippen molar-refractivity contribution >= 4 is 15.5 Å². The Balaban J connectivity index is 2.63. The normalized spacial score (nSPS) is 11.5. The van der Waals surface area contributed by atoms with Crippen molar-refractivity contribution < 1.29 is 22.6 Å². The van der Waals surface area contributed by atoms with Gasteiger partial charge in [0.25, 0.3) is 0 Å². The van der Waals surface area contributed by atoms with Gasteiger partial charge in [-0.3, -0.25) is 0 Å². The molecule has 0 bridgehead atoms. The highest BCUT2D eigenvalue weighted by Crippen LogP contribution is 2.25. The third-order valence-electron chi connectivity index (χ3n) is 2.76. The number of hydrogen-bond acceptors (Lipinski definition) is 6. The Hall–Kier alpha value is -1.31. The number of hydrogen-bond donors (Lipinski definition) is 1. The van der Waals surface area contributed by atoms with Crippen LogP contribution in [0.2, 0.25) is 0 Å². The maximum atomic E-state index is 12.3. The fourth-order valence-electron chi connectivity index (χ4n) is 1.75. The van der Waals surface area contributed by atoms with Crippen LogP contribution in [0.15, 0.2) is 23.1 Å². The van der Waals surface area contributed by atoms with Crippen LogP contribution in [0.3, 0.4) is 0 Å². The first-order valence-corrected chi connectivity index (χ1v) is 8.48. The van der Waals surface area contributed by atoms with Crippen molar-refractivity contribution in [2.24, 2.45) is 0 Å². The van der Waals surface area contributed by atoms with Gasteiger partial charge in [0, 0.05) is 19.8 Å². The van der Waals surface area contributed by atoms with Crippen LogP contribution in [0, 0.1) is 0 Å². The zero-order valence-electron chi connectivity index (χ0n) is 12.5. The van der Waals surface area contributed by atoms with Gasteiger partial charge in [-0.15, -0.1) is 0 Å². The summed E-state index contributed by atoms with van der Waals surface area (Å²) in [6.07, 6.45) is 0.407. The maximum absolute atomic E-state index is 12.3. The van der Waals surface area contributed by atoms with Crippen LogP contribution in [-0.4, -0.2) is 47.7 Å². The van der Waals surface area contributed by atoms with Crippen LogP contribution in [0.5, 0.6) is 5.75 Å². The number of benzene rings is 1. The predicted octanol–water partition coefficient (Wildman–Crippen LogP) is 1.49. The summed E-state index contributed by atoms with van der Waals surface area (Å²) in [4.78, 5) is 0.116. The Kier molecular flexibility index (Phi) is 7.49. The molecule has 7 heteroatoms. The Morgan fingerprint density at radius 2 is 1.95 bits per heavy atom. The first-order valence-electron chi connectivity index (χ1n) is 6.83. The quantitative estimate of drug-likeness (QED) is 0.519. The summed E-state index contributed by atoms with van der Waals surface area (Å²) in [7, 11) is -1.86. The smallest absolute Gasteiger partial charge is 0.180 e. The number of nitrogen functional groups attached to an aromatic ring is 1. The Morgan fingerprint density at radius 3 is 2.62 bits per heavy atom. The molecule has 2 N–H and O–H groups in total. The van der Waals surface area contributed by atoms with Gasteiger partial charge in [-0.05, 0) is 25.5 Å². The van der Waals surface area contributed by atoms with Gasteiger partial charge in [-0.1, -0.05) is 0 Å². The van der Waals surface area contributed by atoms with E-state index in [1.54, 1.807) is 19.2 Å². The Labute approximate surface area is 126 Å². The lowest BCUT2D eigenvalue weighted by Crippen LogP contribution is -2.12. The van der Waals surface area contributed by atoms with Crippen molar-refractivity contribution in [3.8, 4) is 5.75 Å². The highest BCUT2D eigenvalue weighted by molar-refractivity contribution is 7.91. The Morgan fingerprint density at radius 1 is 1.19 bits per heavy atom. The first kappa shape index (κ1) is 17.7. The van der Waals surface area contributed by atoms with Gasteiger partial charge in [-0.25, -0.2) is 8.42 Å². The van der Waals surface area contributed by atoms with Gasteiger partial charge >= 0.3 is 0 Å². The second-order valence-corrected chi connectivity index (χ2v) is 6.49. The van der Waals surface area contributed by atoms with Gasteiger partial charge in [0.2, 0.25) is 0 Å². The van der Waals surface area contributed by atoms with E-state index in [9.17, 15) is 8.42 Å². The van der Waals surface area contributed by atoms with Crippen LogP contribution >= 0.6 is 0 Å². The molecule has 0 aliphatic rings. The number of sulfone groups is 1. The van der Waals surface area contributed by atoms with Crippen molar-refractivity contribution in [1.29, 1.82) is 0 Å². The molecule has 0 aliphatic carbocycles. The van der Waals surface area contributed by atoms with Crippen molar-refractivity contribution in [2.75, 3.05) is 45.0 Å². The molecule has 0 saturated heterocycles. The number of ether oxygens (including phenoxy) is 3. The Bertz CT molecular complexity index is 530. The number of methoxy groups -OCH3 is 1. The number of nitrogens with two attached hydrogens (primary N) is 1. The second-order valence-electron chi connectivity index (χ2n) is 4.41. The lowest BCUT2D eigenvalue weighted by molar-refractivity contribution is 0.0712. The minimum absolute atomic E-state index is 0.0141. The van der Waals surface area contributed by atoms with E-state index < -0.39 is 9.84 Å². The summed E-state index contributed by atoms with van der Waals surface area (Å²) in [6.45, 7) is 3.63. The molecule has 0 aromatic heterocycles. The zero-order valence-corrected chi connectivity index (χ0v) is 13.3. The fourth-order valence-corrected chi connectivity index (χ4v) is 3.19. The minimum Gasteiger partial charge on any atom is -0.494 e. The molecular weight excluding hydrogens is 294 g/mol.